The van der Waals surface area contributed by atoms with Gasteiger partial charge in [0.1, 0.15) is 17.9 Å². The lowest BCUT2D eigenvalue weighted by Gasteiger charge is -2.31. The third-order valence-corrected chi connectivity index (χ3v) is 7.24. The van der Waals surface area contributed by atoms with Crippen molar-refractivity contribution in [3.05, 3.63) is 71.4 Å². The Morgan fingerprint density at radius 3 is 2.81 bits per heavy atom. The molecule has 2 aromatic carbocycles. The Labute approximate surface area is 207 Å². The number of aliphatic hydroxyl groups is 1. The molecule has 1 aromatic heterocycles. The van der Waals surface area contributed by atoms with Crippen LogP contribution in [0.2, 0.25) is 0 Å². The molecule has 184 valence electrons. The summed E-state index contributed by atoms with van der Waals surface area (Å²) in [5.74, 6) is -0.772. The molecule has 0 bridgehead atoms. The molecule has 2 unspecified atom stereocenters. The van der Waals surface area contributed by atoms with Crippen molar-refractivity contribution in [3.8, 4) is 5.75 Å². The van der Waals surface area contributed by atoms with E-state index in [1.54, 1.807) is 18.2 Å². The van der Waals surface area contributed by atoms with Crippen LogP contribution in [0.15, 0.2) is 54.7 Å². The molecule has 2 saturated heterocycles. The number of aromatic nitrogens is 1. The van der Waals surface area contributed by atoms with Crippen LogP contribution < -0.4 is 10.1 Å². The van der Waals surface area contributed by atoms with Gasteiger partial charge >= 0.3 is 0 Å². The quantitative estimate of drug-likeness (QED) is 0.532. The van der Waals surface area contributed by atoms with Crippen LogP contribution in [-0.4, -0.2) is 62.8 Å². The number of carbonyl (C=O) groups is 3. The Balaban J connectivity index is 1.13. The van der Waals surface area contributed by atoms with E-state index in [1.165, 1.54) is 5.56 Å². The van der Waals surface area contributed by atoms with Crippen molar-refractivity contribution >= 4 is 28.6 Å². The average Bonchev–Trinajstić information content (AvgIpc) is 3.41. The van der Waals surface area contributed by atoms with E-state index >= 15 is 0 Å². The third kappa shape index (κ3) is 4.00. The maximum atomic E-state index is 12.9. The zero-order chi connectivity index (χ0) is 24.8. The maximum absolute atomic E-state index is 12.9. The monoisotopic (exact) mass is 486 g/mol. The van der Waals surface area contributed by atoms with E-state index in [0.717, 1.165) is 41.9 Å². The first-order valence-corrected chi connectivity index (χ1v) is 12.2. The molecule has 6 rings (SSSR count). The molecule has 9 heteroatoms. The van der Waals surface area contributed by atoms with Crippen molar-refractivity contribution in [1.29, 1.82) is 0 Å². The molecule has 3 aliphatic rings. The minimum absolute atomic E-state index is 0.0170. The number of pyridine rings is 1. The topological polar surface area (TPSA) is 112 Å². The van der Waals surface area contributed by atoms with Gasteiger partial charge in [-0.15, -0.1) is 0 Å². The summed E-state index contributed by atoms with van der Waals surface area (Å²) < 4.78 is 6.24. The summed E-state index contributed by atoms with van der Waals surface area (Å²) in [5, 5.41) is 14.3. The third-order valence-electron chi connectivity index (χ3n) is 7.24. The number of imide groups is 1. The van der Waals surface area contributed by atoms with Crippen LogP contribution >= 0.6 is 0 Å². The van der Waals surface area contributed by atoms with Gasteiger partial charge in [0, 0.05) is 48.8 Å². The Kier molecular flexibility index (Phi) is 5.66. The second kappa shape index (κ2) is 9.00. The number of nitrogens with zero attached hydrogens (tertiary/aromatic N) is 3. The molecule has 0 aliphatic carbocycles. The Bertz CT molecular complexity index is 1370. The number of nitrogens with one attached hydrogen (secondary N) is 1. The van der Waals surface area contributed by atoms with Crippen molar-refractivity contribution in [1.82, 2.24) is 20.1 Å². The smallest absolute Gasteiger partial charge is 0.257 e. The summed E-state index contributed by atoms with van der Waals surface area (Å²) in [6.07, 6.45) is 1.75. The highest BCUT2D eigenvalue weighted by Crippen LogP contribution is 2.37. The van der Waals surface area contributed by atoms with Crippen LogP contribution in [0.3, 0.4) is 0 Å². The first-order valence-electron chi connectivity index (χ1n) is 12.2. The molecule has 3 amide bonds. The number of amides is 3. The van der Waals surface area contributed by atoms with E-state index in [9.17, 15) is 19.5 Å². The van der Waals surface area contributed by atoms with E-state index in [1.807, 2.05) is 24.4 Å². The fourth-order valence-electron chi connectivity index (χ4n) is 5.45. The Morgan fingerprint density at radius 1 is 1.08 bits per heavy atom. The van der Waals surface area contributed by atoms with Crippen LogP contribution in [-0.2, 0) is 16.1 Å². The molecule has 0 radical (unpaired) electrons. The van der Waals surface area contributed by atoms with Gasteiger partial charge in [0.15, 0.2) is 6.23 Å². The number of piperidine rings is 1. The lowest BCUT2D eigenvalue weighted by atomic mass is 10.0. The number of benzene rings is 2. The molecule has 3 aliphatic heterocycles. The molecule has 2 N–H and O–H groups in total. The summed E-state index contributed by atoms with van der Waals surface area (Å²) in [4.78, 5) is 44.7. The summed E-state index contributed by atoms with van der Waals surface area (Å²) >= 11 is 0. The number of para-hydroxylation sites is 1. The zero-order valence-electron chi connectivity index (χ0n) is 19.6. The van der Waals surface area contributed by atoms with E-state index in [-0.39, 0.29) is 24.9 Å². The van der Waals surface area contributed by atoms with Crippen molar-refractivity contribution in [2.45, 2.75) is 44.2 Å². The molecular weight excluding hydrogens is 460 g/mol. The number of carbonyl (C=O) groups excluding carboxylic acids is 3. The Morgan fingerprint density at radius 2 is 1.94 bits per heavy atom. The molecule has 4 heterocycles. The predicted molar refractivity (Wildman–Crippen MR) is 130 cm³/mol. The van der Waals surface area contributed by atoms with Gasteiger partial charge in [0.05, 0.1) is 5.52 Å². The van der Waals surface area contributed by atoms with E-state index in [2.05, 4.69) is 27.3 Å². The minimum atomic E-state index is -1.26. The van der Waals surface area contributed by atoms with Crippen LogP contribution in [0, 0.1) is 0 Å². The highest BCUT2D eigenvalue weighted by atomic mass is 16.5. The largest absolute Gasteiger partial charge is 0.489 e. The maximum Gasteiger partial charge on any atom is 0.257 e. The fraction of sp³-hybridized carbons (Fsp3) is 0.333. The summed E-state index contributed by atoms with van der Waals surface area (Å²) in [6.45, 7) is 2.47. The molecule has 0 saturated carbocycles. The van der Waals surface area contributed by atoms with Crippen molar-refractivity contribution in [3.63, 3.8) is 0 Å². The number of rotatable bonds is 5. The summed E-state index contributed by atoms with van der Waals surface area (Å²) in [7, 11) is 0. The van der Waals surface area contributed by atoms with Crippen molar-refractivity contribution < 1.29 is 24.2 Å². The first-order chi connectivity index (χ1) is 17.5. The van der Waals surface area contributed by atoms with Gasteiger partial charge in [0.2, 0.25) is 11.8 Å². The van der Waals surface area contributed by atoms with Crippen molar-refractivity contribution in [2.24, 2.45) is 0 Å². The second-order valence-electron chi connectivity index (χ2n) is 9.55. The predicted octanol–water partition coefficient (Wildman–Crippen LogP) is 2.14. The fourth-order valence-corrected chi connectivity index (χ4v) is 5.45. The highest BCUT2D eigenvalue weighted by molar-refractivity contribution is 6.05. The van der Waals surface area contributed by atoms with Gasteiger partial charge in [-0.1, -0.05) is 18.2 Å². The highest BCUT2D eigenvalue weighted by Gasteiger charge is 2.44. The number of aliphatic hydroxyl groups excluding tert-OH is 1. The molecule has 36 heavy (non-hydrogen) atoms. The van der Waals surface area contributed by atoms with Crippen LogP contribution in [0.5, 0.6) is 5.75 Å². The van der Waals surface area contributed by atoms with Crippen LogP contribution in [0.4, 0.5) is 0 Å². The zero-order valence-corrected chi connectivity index (χ0v) is 19.6. The molecule has 3 atom stereocenters. The Hall–Kier alpha value is -3.82. The first kappa shape index (κ1) is 22.6. The van der Waals surface area contributed by atoms with Crippen LogP contribution in [0.25, 0.3) is 10.9 Å². The standard InChI is InChI=1S/C27H26N4O5/c32-24-8-7-23(25(33)29-24)31-26(34)20-6-5-17(13-21(20)27(31)35)36-18-10-12-30(15-18)14-16-9-11-28-22-4-2-1-3-19(16)22/h1-6,9,11,13,18,23,27,35H,7-8,10,12,14-15H2,(H,29,32,33)/t18-,23?,27?/m0/s1. The van der Waals surface area contributed by atoms with E-state index in [0.29, 0.717) is 16.9 Å². The number of hydrogen-bond acceptors (Lipinski definition) is 7. The lowest BCUT2D eigenvalue weighted by molar-refractivity contribution is -0.139. The lowest BCUT2D eigenvalue weighted by Crippen LogP contribution is -2.53. The van der Waals surface area contributed by atoms with E-state index < -0.39 is 24.1 Å². The normalized spacial score (nSPS) is 24.3. The van der Waals surface area contributed by atoms with Gasteiger partial charge in [-0.05, 0) is 48.7 Å². The van der Waals surface area contributed by atoms with Crippen molar-refractivity contribution in [2.75, 3.05) is 13.1 Å². The summed E-state index contributed by atoms with van der Waals surface area (Å²) in [5.41, 5.74) is 2.98. The van der Waals surface area contributed by atoms with Crippen LogP contribution in [0.1, 0.15) is 47.0 Å². The molecular formula is C27H26N4O5. The summed E-state index contributed by atoms with van der Waals surface area (Å²) in [6, 6.07) is 14.4. The molecule has 3 aromatic rings. The number of ether oxygens (including phenoxy) is 1. The van der Waals surface area contributed by atoms with Gasteiger partial charge in [0.25, 0.3) is 5.91 Å². The average molecular weight is 487 g/mol. The molecule has 9 nitrogen and oxygen atoms in total. The SMILES string of the molecule is O=C1CCC(N2C(=O)c3ccc(O[C@H]4CCN(Cc5ccnc6ccccc56)C4)cc3C2O)C(=O)N1. The minimum Gasteiger partial charge on any atom is -0.489 e. The molecule has 0 spiro atoms. The number of likely N-dealkylation sites (tertiary alicyclic amines) is 1. The number of fused-ring (bicyclic) bond motifs is 2. The molecule has 2 fully saturated rings. The van der Waals surface area contributed by atoms with Gasteiger partial charge in [-0.25, -0.2) is 0 Å². The van der Waals surface area contributed by atoms with Gasteiger partial charge < -0.3 is 9.84 Å². The second-order valence-corrected chi connectivity index (χ2v) is 9.55. The van der Waals surface area contributed by atoms with E-state index in [4.69, 9.17) is 4.74 Å². The number of hydrogen-bond donors (Lipinski definition) is 2. The van der Waals surface area contributed by atoms with Gasteiger partial charge in [-0.2, -0.15) is 0 Å². The van der Waals surface area contributed by atoms with Gasteiger partial charge in [-0.3, -0.25) is 34.5 Å².